The van der Waals surface area contributed by atoms with Crippen LogP contribution < -0.4 is 0 Å². The average molecular weight is 937 g/mol. The van der Waals surface area contributed by atoms with E-state index in [9.17, 15) is 14.4 Å². The number of hydrogen-bond acceptors (Lipinski definition) is 6. The van der Waals surface area contributed by atoms with Gasteiger partial charge in [0, 0.05) is 19.3 Å². The molecule has 0 radical (unpaired) electrons. The van der Waals surface area contributed by atoms with Crippen molar-refractivity contribution in [1.29, 1.82) is 0 Å². The fourth-order valence-corrected chi connectivity index (χ4v) is 6.84. The third-order valence-corrected chi connectivity index (χ3v) is 10.8. The quantitative estimate of drug-likeness (QED) is 0.0199. The predicted molar refractivity (Wildman–Crippen MR) is 292 cm³/mol. The minimum atomic E-state index is -0.818. The van der Waals surface area contributed by atoms with Gasteiger partial charge < -0.3 is 14.2 Å². The molecule has 0 heterocycles. The van der Waals surface area contributed by atoms with E-state index in [0.29, 0.717) is 19.3 Å². The van der Waals surface area contributed by atoms with Crippen LogP contribution in [0.25, 0.3) is 0 Å². The van der Waals surface area contributed by atoms with Gasteiger partial charge in [0.1, 0.15) is 13.2 Å². The molecule has 380 valence electrons. The Balaban J connectivity index is 4.58. The fraction of sp³-hybridized carbons (Fsp3) is 0.565. The Labute approximate surface area is 417 Å². The van der Waals surface area contributed by atoms with Gasteiger partial charge in [-0.15, -0.1) is 0 Å². The molecule has 0 aromatic carbocycles. The average Bonchev–Trinajstić information content (AvgIpc) is 3.34. The number of unbranched alkanes of at least 4 members (excludes halogenated alkanes) is 20. The number of allylic oxidation sites excluding steroid dienone is 24. The largest absolute Gasteiger partial charge is 0.462 e. The summed E-state index contributed by atoms with van der Waals surface area (Å²) < 4.78 is 16.8. The maximum atomic E-state index is 12.8. The Kier molecular flexibility index (Phi) is 51.1. The first-order valence-electron chi connectivity index (χ1n) is 27.0. The molecule has 0 aliphatic rings. The molecule has 0 aromatic heterocycles. The Morgan fingerprint density at radius 3 is 0.956 bits per heavy atom. The van der Waals surface area contributed by atoms with Crippen molar-refractivity contribution in [2.24, 2.45) is 0 Å². The lowest BCUT2D eigenvalue weighted by Gasteiger charge is -2.18. The fourth-order valence-electron chi connectivity index (χ4n) is 6.84. The number of hydrogen-bond donors (Lipinski definition) is 0. The molecule has 0 fully saturated rings. The maximum Gasteiger partial charge on any atom is 0.306 e. The molecular weight excluding hydrogens is 841 g/mol. The Hall–Kier alpha value is -4.71. The molecule has 6 nitrogen and oxygen atoms in total. The Morgan fingerprint density at radius 1 is 0.309 bits per heavy atom. The van der Waals surface area contributed by atoms with Crippen molar-refractivity contribution in [2.45, 2.75) is 213 Å². The van der Waals surface area contributed by atoms with Crippen LogP contribution in [0.2, 0.25) is 0 Å². The lowest BCUT2D eigenvalue weighted by Crippen LogP contribution is -2.30. The first-order chi connectivity index (χ1) is 33.5. The van der Waals surface area contributed by atoms with Crippen LogP contribution in [0.1, 0.15) is 207 Å². The Bertz CT molecular complexity index is 1540. The molecule has 68 heavy (non-hydrogen) atoms. The number of ether oxygens (including phenoxy) is 3. The van der Waals surface area contributed by atoms with E-state index in [4.69, 9.17) is 14.2 Å². The SMILES string of the molecule is CC\C=C/C=C\C=C/C=C\C=C\C=C/C=C\CCCCCC(=O)OCC(COC(=O)CCCCCCC\C=C/C=C\C=C/C=C\CC)OC(=O)CCCCCCC/C=C\CCCCCCCCC. The third-order valence-electron chi connectivity index (χ3n) is 10.8. The number of carbonyl (C=O) groups is 3. The van der Waals surface area contributed by atoms with E-state index in [-0.39, 0.29) is 31.1 Å². The van der Waals surface area contributed by atoms with Crippen LogP contribution in [0.5, 0.6) is 0 Å². The van der Waals surface area contributed by atoms with E-state index in [1.54, 1.807) is 0 Å². The van der Waals surface area contributed by atoms with Crippen LogP contribution in [0.4, 0.5) is 0 Å². The molecule has 0 saturated carbocycles. The van der Waals surface area contributed by atoms with E-state index in [2.05, 4.69) is 69.4 Å². The summed E-state index contributed by atoms with van der Waals surface area (Å²) in [6.45, 7) is 6.27. The predicted octanol–water partition coefficient (Wildman–Crippen LogP) is 18.0. The van der Waals surface area contributed by atoms with E-state index in [0.717, 1.165) is 109 Å². The van der Waals surface area contributed by atoms with Gasteiger partial charge in [-0.1, -0.05) is 250 Å². The van der Waals surface area contributed by atoms with Gasteiger partial charge in [-0.25, -0.2) is 0 Å². The van der Waals surface area contributed by atoms with Crippen molar-refractivity contribution < 1.29 is 28.6 Å². The number of esters is 3. The molecule has 1 atom stereocenters. The standard InChI is InChI=1S/C62H96O6/c1-4-7-10-13-16-19-22-25-28-30-31-32-35-37-40-43-46-49-52-55-61(64)67-58-59(57-66-60(63)54-51-48-45-42-39-36-33-27-24-21-18-15-12-9-6-3)68-62(65)56-53-50-47-44-41-38-34-29-26-23-20-17-14-11-8-5-2/h7,9-10,12-13,15-16,18-19,21-22,24-25,27-35,37,40,59H,4-6,8,11,14,17,20,23,26,36,38-39,41-58H2,1-3H3/b10-7-,12-9-,16-13-,18-15-,22-19-,24-21-,28-25-,31-30+,33-27-,34-29-,35-32-,40-37-. The molecule has 0 N–H and O–H groups in total. The molecular formula is C62H96O6. The monoisotopic (exact) mass is 937 g/mol. The molecule has 0 amide bonds. The van der Waals surface area contributed by atoms with Crippen molar-refractivity contribution >= 4 is 17.9 Å². The van der Waals surface area contributed by atoms with Gasteiger partial charge in [-0.2, -0.15) is 0 Å². The maximum absolute atomic E-state index is 12.8. The molecule has 1 unspecified atom stereocenters. The first-order valence-corrected chi connectivity index (χ1v) is 27.0. The van der Waals surface area contributed by atoms with Crippen molar-refractivity contribution in [3.05, 3.63) is 146 Å². The molecule has 6 heteroatoms. The molecule has 0 aromatic rings. The van der Waals surface area contributed by atoms with Crippen molar-refractivity contribution in [3.63, 3.8) is 0 Å². The Morgan fingerprint density at radius 2 is 0.588 bits per heavy atom. The van der Waals surface area contributed by atoms with E-state index < -0.39 is 6.10 Å². The van der Waals surface area contributed by atoms with Gasteiger partial charge in [-0.05, 0) is 83.5 Å². The minimum Gasteiger partial charge on any atom is -0.462 e. The summed E-state index contributed by atoms with van der Waals surface area (Å²) in [5.41, 5.74) is 0. The lowest BCUT2D eigenvalue weighted by atomic mass is 10.1. The topological polar surface area (TPSA) is 78.9 Å². The summed E-state index contributed by atoms with van der Waals surface area (Å²) in [6, 6.07) is 0. The van der Waals surface area contributed by atoms with Crippen LogP contribution in [-0.4, -0.2) is 37.2 Å². The zero-order valence-electron chi connectivity index (χ0n) is 43.3. The van der Waals surface area contributed by atoms with Crippen LogP contribution >= 0.6 is 0 Å². The third kappa shape index (κ3) is 52.3. The molecule has 0 aliphatic carbocycles. The van der Waals surface area contributed by atoms with Crippen molar-refractivity contribution in [3.8, 4) is 0 Å². The number of carbonyl (C=O) groups excluding carboxylic acids is 3. The van der Waals surface area contributed by atoms with Gasteiger partial charge in [0.25, 0.3) is 0 Å². The van der Waals surface area contributed by atoms with Gasteiger partial charge in [-0.3, -0.25) is 14.4 Å². The smallest absolute Gasteiger partial charge is 0.306 e. The second kappa shape index (κ2) is 54.9. The first kappa shape index (κ1) is 63.3. The van der Waals surface area contributed by atoms with Gasteiger partial charge in [0.2, 0.25) is 0 Å². The van der Waals surface area contributed by atoms with Crippen molar-refractivity contribution in [2.75, 3.05) is 13.2 Å². The van der Waals surface area contributed by atoms with Crippen LogP contribution in [-0.2, 0) is 28.6 Å². The lowest BCUT2D eigenvalue weighted by molar-refractivity contribution is -0.167. The second-order valence-electron chi connectivity index (χ2n) is 17.3. The summed E-state index contributed by atoms with van der Waals surface area (Å²) in [7, 11) is 0. The molecule has 0 saturated heterocycles. The highest BCUT2D eigenvalue weighted by molar-refractivity contribution is 5.71. The number of rotatable bonds is 46. The summed E-state index contributed by atoms with van der Waals surface area (Å²) in [4.78, 5) is 38.1. The normalized spacial score (nSPS) is 13.3. The van der Waals surface area contributed by atoms with Gasteiger partial charge in [0.05, 0.1) is 0 Å². The van der Waals surface area contributed by atoms with Gasteiger partial charge >= 0.3 is 17.9 Å². The highest BCUT2D eigenvalue weighted by Crippen LogP contribution is 2.13. The summed E-state index contributed by atoms with van der Waals surface area (Å²) in [5, 5.41) is 0. The van der Waals surface area contributed by atoms with Crippen molar-refractivity contribution in [1.82, 2.24) is 0 Å². The zero-order valence-corrected chi connectivity index (χ0v) is 43.3. The van der Waals surface area contributed by atoms with Crippen LogP contribution in [0.15, 0.2) is 146 Å². The molecule has 0 rings (SSSR count). The highest BCUT2D eigenvalue weighted by atomic mass is 16.6. The summed E-state index contributed by atoms with van der Waals surface area (Å²) in [6.07, 6.45) is 78.2. The van der Waals surface area contributed by atoms with Crippen LogP contribution in [0, 0.1) is 0 Å². The minimum absolute atomic E-state index is 0.115. The van der Waals surface area contributed by atoms with E-state index >= 15 is 0 Å². The molecule has 0 spiro atoms. The second-order valence-corrected chi connectivity index (χ2v) is 17.3. The zero-order chi connectivity index (χ0) is 49.3. The van der Waals surface area contributed by atoms with Crippen LogP contribution in [0.3, 0.4) is 0 Å². The molecule has 0 bridgehead atoms. The van der Waals surface area contributed by atoms with Gasteiger partial charge in [0.15, 0.2) is 6.10 Å². The molecule has 0 aliphatic heterocycles. The van der Waals surface area contributed by atoms with E-state index in [1.807, 2.05) is 97.2 Å². The summed E-state index contributed by atoms with van der Waals surface area (Å²) in [5.74, 6) is -0.999. The summed E-state index contributed by atoms with van der Waals surface area (Å²) >= 11 is 0. The van der Waals surface area contributed by atoms with E-state index in [1.165, 1.54) is 57.8 Å². The highest BCUT2D eigenvalue weighted by Gasteiger charge is 2.19.